The fraction of sp³-hybridized carbons (Fsp3) is 0.533. The van der Waals surface area contributed by atoms with Crippen molar-refractivity contribution in [2.45, 2.75) is 43.8 Å². The molecule has 19 heavy (non-hydrogen) atoms. The summed E-state index contributed by atoms with van der Waals surface area (Å²) in [7, 11) is 0. The van der Waals surface area contributed by atoms with Crippen LogP contribution in [0.4, 0.5) is 4.39 Å². The molecule has 1 aliphatic carbocycles. The van der Waals surface area contributed by atoms with Crippen molar-refractivity contribution in [2.24, 2.45) is 0 Å². The molecule has 0 radical (unpaired) electrons. The van der Waals surface area contributed by atoms with E-state index in [9.17, 15) is 9.18 Å². The first-order chi connectivity index (χ1) is 9.15. The number of rotatable bonds is 5. The number of hydrogen-bond donors (Lipinski definition) is 0. The summed E-state index contributed by atoms with van der Waals surface area (Å²) in [5.41, 5.74) is 0.443. The highest BCUT2D eigenvalue weighted by molar-refractivity contribution is 8.00. The third kappa shape index (κ3) is 4.81. The molecule has 0 aliphatic heterocycles. The molecule has 1 nitrogen and oxygen atoms in total. The number of benzene rings is 1. The molecule has 1 fully saturated rings. The van der Waals surface area contributed by atoms with E-state index in [1.807, 2.05) is 0 Å². The van der Waals surface area contributed by atoms with Crippen molar-refractivity contribution in [3.63, 3.8) is 0 Å². The monoisotopic (exact) mass is 300 g/mol. The van der Waals surface area contributed by atoms with Crippen LogP contribution in [0.15, 0.2) is 18.2 Å². The lowest BCUT2D eigenvalue weighted by atomic mass is 10.0. The SMILES string of the molecule is O=C(CSC1CCCCC1)Cc1ccc(Cl)cc1F. The third-order valence-corrected chi connectivity index (χ3v) is 5.10. The highest BCUT2D eigenvalue weighted by Crippen LogP contribution is 2.28. The van der Waals surface area contributed by atoms with Gasteiger partial charge in [-0.05, 0) is 30.5 Å². The maximum atomic E-state index is 13.6. The first kappa shape index (κ1) is 14.9. The molecule has 1 aliphatic rings. The lowest BCUT2D eigenvalue weighted by molar-refractivity contribution is -0.116. The van der Waals surface area contributed by atoms with Crippen molar-refractivity contribution < 1.29 is 9.18 Å². The smallest absolute Gasteiger partial charge is 0.147 e. The van der Waals surface area contributed by atoms with Gasteiger partial charge in [-0.3, -0.25) is 4.79 Å². The zero-order valence-corrected chi connectivity index (χ0v) is 12.4. The molecule has 4 heteroatoms. The van der Waals surface area contributed by atoms with Crippen LogP contribution in [0.1, 0.15) is 37.7 Å². The molecule has 1 aromatic carbocycles. The largest absolute Gasteiger partial charge is 0.298 e. The summed E-state index contributed by atoms with van der Waals surface area (Å²) in [5, 5.41) is 0.984. The molecule has 0 spiro atoms. The molecule has 0 heterocycles. The molecular formula is C15H18ClFOS. The molecule has 1 saturated carbocycles. The van der Waals surface area contributed by atoms with Gasteiger partial charge in [-0.15, -0.1) is 0 Å². The summed E-state index contributed by atoms with van der Waals surface area (Å²) in [4.78, 5) is 11.9. The lowest BCUT2D eigenvalue weighted by Gasteiger charge is -2.20. The predicted octanol–water partition coefficient (Wildman–Crippen LogP) is 4.66. The van der Waals surface area contributed by atoms with Crippen LogP contribution >= 0.6 is 23.4 Å². The summed E-state index contributed by atoms with van der Waals surface area (Å²) < 4.78 is 13.6. The van der Waals surface area contributed by atoms with E-state index >= 15 is 0 Å². The molecule has 104 valence electrons. The van der Waals surface area contributed by atoms with Crippen LogP contribution in [-0.2, 0) is 11.2 Å². The van der Waals surface area contributed by atoms with Gasteiger partial charge in [0.1, 0.15) is 11.6 Å². The van der Waals surface area contributed by atoms with Gasteiger partial charge in [0.15, 0.2) is 0 Å². The van der Waals surface area contributed by atoms with E-state index in [0.717, 1.165) is 0 Å². The van der Waals surface area contributed by atoms with Crippen molar-refractivity contribution in [3.05, 3.63) is 34.6 Å². The predicted molar refractivity (Wildman–Crippen MR) is 79.5 cm³/mol. The number of halogens is 2. The zero-order chi connectivity index (χ0) is 13.7. The molecule has 2 rings (SSSR count). The van der Waals surface area contributed by atoms with Gasteiger partial charge in [0.2, 0.25) is 0 Å². The number of hydrogen-bond acceptors (Lipinski definition) is 2. The first-order valence-corrected chi connectivity index (χ1v) is 8.15. The van der Waals surface area contributed by atoms with Crippen LogP contribution in [0.5, 0.6) is 0 Å². The van der Waals surface area contributed by atoms with E-state index in [4.69, 9.17) is 11.6 Å². The molecule has 1 aromatic rings. The normalized spacial score (nSPS) is 16.5. The van der Waals surface area contributed by atoms with Gasteiger partial charge in [-0.25, -0.2) is 4.39 Å². The van der Waals surface area contributed by atoms with Crippen molar-refractivity contribution in [2.75, 3.05) is 5.75 Å². The molecule has 0 unspecified atom stereocenters. The molecule has 0 saturated heterocycles. The Labute approximate surface area is 122 Å². The number of ketones is 1. The van der Waals surface area contributed by atoms with Gasteiger partial charge in [0.05, 0.1) is 5.75 Å². The van der Waals surface area contributed by atoms with Crippen LogP contribution in [0.25, 0.3) is 0 Å². The molecule has 0 amide bonds. The van der Waals surface area contributed by atoms with E-state index in [1.54, 1.807) is 23.9 Å². The first-order valence-electron chi connectivity index (χ1n) is 6.72. The Bertz CT molecular complexity index is 444. The minimum atomic E-state index is -0.386. The topological polar surface area (TPSA) is 17.1 Å². The lowest BCUT2D eigenvalue weighted by Crippen LogP contribution is -2.13. The van der Waals surface area contributed by atoms with Gasteiger partial charge in [-0.2, -0.15) is 11.8 Å². The molecule has 0 bridgehead atoms. The van der Waals surface area contributed by atoms with Crippen molar-refractivity contribution >= 4 is 29.1 Å². The highest BCUT2D eigenvalue weighted by Gasteiger charge is 2.16. The standard InChI is InChI=1S/C15H18ClFOS/c16-12-7-6-11(15(17)9-12)8-13(18)10-19-14-4-2-1-3-5-14/h6-7,9,14H,1-5,8,10H2. The molecular weight excluding hydrogens is 283 g/mol. The average Bonchev–Trinajstić information content (AvgIpc) is 2.41. The summed E-state index contributed by atoms with van der Waals surface area (Å²) in [5.74, 6) is 0.201. The van der Waals surface area contributed by atoms with Gasteiger partial charge in [-0.1, -0.05) is 36.9 Å². The van der Waals surface area contributed by atoms with Crippen molar-refractivity contribution in [3.8, 4) is 0 Å². The molecule has 0 aromatic heterocycles. The average molecular weight is 301 g/mol. The van der Waals surface area contributed by atoms with Gasteiger partial charge >= 0.3 is 0 Å². The zero-order valence-electron chi connectivity index (χ0n) is 10.8. The van der Waals surface area contributed by atoms with Crippen LogP contribution in [0, 0.1) is 5.82 Å². The van der Waals surface area contributed by atoms with Crippen LogP contribution in [0.3, 0.4) is 0 Å². The number of Topliss-reactive ketones (excluding diaryl/α,β-unsaturated/α-hetero) is 1. The minimum Gasteiger partial charge on any atom is -0.298 e. The van der Waals surface area contributed by atoms with E-state index in [1.165, 1.54) is 38.2 Å². The molecule has 0 atom stereocenters. The van der Waals surface area contributed by atoms with E-state index in [-0.39, 0.29) is 18.0 Å². The minimum absolute atomic E-state index is 0.0943. The second-order valence-corrected chi connectivity index (χ2v) is 6.75. The highest BCUT2D eigenvalue weighted by atomic mass is 35.5. The Morgan fingerprint density at radius 2 is 2.05 bits per heavy atom. The summed E-state index contributed by atoms with van der Waals surface area (Å²) in [6, 6.07) is 4.49. The van der Waals surface area contributed by atoms with Crippen LogP contribution < -0.4 is 0 Å². The molecule has 0 N–H and O–H groups in total. The fourth-order valence-corrected chi connectivity index (χ4v) is 3.72. The fourth-order valence-electron chi connectivity index (χ4n) is 2.37. The van der Waals surface area contributed by atoms with Crippen molar-refractivity contribution in [1.29, 1.82) is 0 Å². The van der Waals surface area contributed by atoms with Gasteiger partial charge in [0.25, 0.3) is 0 Å². The van der Waals surface area contributed by atoms with E-state index < -0.39 is 0 Å². The second-order valence-electron chi connectivity index (χ2n) is 5.02. The second kappa shape index (κ2) is 7.30. The van der Waals surface area contributed by atoms with Gasteiger partial charge < -0.3 is 0 Å². The van der Waals surface area contributed by atoms with Gasteiger partial charge in [0, 0.05) is 16.7 Å². The number of carbonyl (C=O) groups excluding carboxylic acids is 1. The van der Waals surface area contributed by atoms with Crippen LogP contribution in [0.2, 0.25) is 5.02 Å². The summed E-state index contributed by atoms with van der Waals surface area (Å²) in [6.45, 7) is 0. The maximum Gasteiger partial charge on any atom is 0.147 e. The Morgan fingerprint density at radius 3 is 2.74 bits per heavy atom. The maximum absolute atomic E-state index is 13.6. The summed E-state index contributed by atoms with van der Waals surface area (Å²) >= 11 is 7.42. The third-order valence-electron chi connectivity index (χ3n) is 3.43. The Hall–Kier alpha value is -0.540. The number of carbonyl (C=O) groups is 1. The Kier molecular flexibility index (Phi) is 5.71. The Morgan fingerprint density at radius 1 is 1.32 bits per heavy atom. The van der Waals surface area contributed by atoms with E-state index in [0.29, 0.717) is 21.6 Å². The quantitative estimate of drug-likeness (QED) is 0.787. The van der Waals surface area contributed by atoms with Crippen LogP contribution in [-0.4, -0.2) is 16.8 Å². The number of thioether (sulfide) groups is 1. The summed E-state index contributed by atoms with van der Waals surface area (Å²) in [6.07, 6.45) is 6.47. The van der Waals surface area contributed by atoms with E-state index in [2.05, 4.69) is 0 Å². The Balaban J connectivity index is 1.80. The van der Waals surface area contributed by atoms with Crippen molar-refractivity contribution in [1.82, 2.24) is 0 Å².